The number of anilines is 1. The van der Waals surface area contributed by atoms with Crippen LogP contribution in [0.1, 0.15) is 40.0 Å². The van der Waals surface area contributed by atoms with E-state index in [4.69, 9.17) is 11.6 Å². The molecule has 2 aliphatic rings. The third kappa shape index (κ3) is 2.90. The van der Waals surface area contributed by atoms with Gasteiger partial charge >= 0.3 is 6.09 Å². The van der Waals surface area contributed by atoms with Gasteiger partial charge in [-0.1, -0.05) is 32.4 Å². The van der Waals surface area contributed by atoms with Crippen molar-refractivity contribution in [1.29, 1.82) is 0 Å². The van der Waals surface area contributed by atoms with Crippen LogP contribution in [0.3, 0.4) is 0 Å². The lowest BCUT2D eigenvalue weighted by Crippen LogP contribution is -2.63. The zero-order chi connectivity index (χ0) is 18.6. The second-order valence-electron chi connectivity index (χ2n) is 7.91. The Hall–Kier alpha value is -1.70. The molecule has 3 atom stereocenters. The summed E-state index contributed by atoms with van der Waals surface area (Å²) in [5, 5.41) is 20.6. The van der Waals surface area contributed by atoms with E-state index in [1.54, 1.807) is 12.1 Å². The van der Waals surface area contributed by atoms with Crippen LogP contribution in [-0.2, 0) is 0 Å². The summed E-state index contributed by atoms with van der Waals surface area (Å²) in [6, 6.07) is 1.51. The third-order valence-corrected chi connectivity index (χ3v) is 5.67. The first-order chi connectivity index (χ1) is 11.5. The van der Waals surface area contributed by atoms with Gasteiger partial charge in [-0.25, -0.2) is 13.6 Å². The molecule has 2 N–H and O–H groups in total. The Balaban J connectivity index is 1.95. The lowest BCUT2D eigenvalue weighted by Gasteiger charge is -2.52. The van der Waals surface area contributed by atoms with Gasteiger partial charge in [-0.15, -0.1) is 10.2 Å². The molecule has 0 aliphatic carbocycles. The molecule has 2 aliphatic heterocycles. The molecule has 1 aromatic rings. The first-order valence-electron chi connectivity index (χ1n) is 8.12. The molecule has 2 saturated heterocycles. The number of carbonyl (C=O) groups is 1. The average Bonchev–Trinajstić information content (AvgIpc) is 2.62. The van der Waals surface area contributed by atoms with Crippen LogP contribution in [0.2, 0.25) is 5.15 Å². The fraction of sp³-hybridized carbons (Fsp3) is 0.688. The van der Waals surface area contributed by atoms with Gasteiger partial charge in [0.15, 0.2) is 5.15 Å². The Morgan fingerprint density at radius 1 is 1.40 bits per heavy atom. The van der Waals surface area contributed by atoms with Crippen LogP contribution in [-0.4, -0.2) is 49.8 Å². The Kier molecular flexibility index (Phi) is 4.09. The topological polar surface area (TPSA) is 78.4 Å². The van der Waals surface area contributed by atoms with Crippen LogP contribution in [0.15, 0.2) is 12.1 Å². The van der Waals surface area contributed by atoms with Crippen LogP contribution in [0.4, 0.5) is 19.4 Å². The van der Waals surface area contributed by atoms with E-state index in [2.05, 4.69) is 15.5 Å². The van der Waals surface area contributed by atoms with Crippen LogP contribution in [0, 0.1) is 5.41 Å². The molecule has 0 spiro atoms. The van der Waals surface area contributed by atoms with E-state index in [1.807, 2.05) is 20.8 Å². The number of hydrogen-bond donors (Lipinski definition) is 2. The van der Waals surface area contributed by atoms with Crippen molar-refractivity contribution in [3.8, 4) is 0 Å². The number of nitrogens with zero attached hydrogens (tertiary/aromatic N) is 3. The van der Waals surface area contributed by atoms with Crippen molar-refractivity contribution in [3.63, 3.8) is 0 Å². The van der Waals surface area contributed by atoms with Gasteiger partial charge in [0.25, 0.3) is 5.92 Å². The molecule has 1 amide bonds. The summed E-state index contributed by atoms with van der Waals surface area (Å²) in [6.45, 7) is 5.43. The smallest absolute Gasteiger partial charge is 0.408 e. The van der Waals surface area contributed by atoms with Gasteiger partial charge in [-0.2, -0.15) is 0 Å². The average molecular weight is 375 g/mol. The summed E-state index contributed by atoms with van der Waals surface area (Å²) in [5.41, 5.74) is -1.79. The van der Waals surface area contributed by atoms with E-state index in [-0.39, 0.29) is 24.0 Å². The number of alkyl halides is 2. The van der Waals surface area contributed by atoms with E-state index in [9.17, 15) is 18.7 Å². The lowest BCUT2D eigenvalue weighted by molar-refractivity contribution is -0.0444. The fourth-order valence-electron chi connectivity index (χ4n) is 4.25. The van der Waals surface area contributed by atoms with E-state index < -0.39 is 35.4 Å². The number of nitrogens with one attached hydrogen (secondary N) is 1. The van der Waals surface area contributed by atoms with Gasteiger partial charge in [0.05, 0.1) is 5.54 Å². The molecule has 9 heteroatoms. The van der Waals surface area contributed by atoms with Crippen molar-refractivity contribution < 1.29 is 18.7 Å². The lowest BCUT2D eigenvalue weighted by atomic mass is 9.67. The number of amides is 1. The molecular weight excluding hydrogens is 354 g/mol. The SMILES string of the molecule is CC(C)(C)[C@@]12C[C@H](Nc3ccc(Cl)nn3)C[C@@H](N1C(=O)O)C(F)(F)C2. The highest BCUT2D eigenvalue weighted by molar-refractivity contribution is 6.29. The van der Waals surface area contributed by atoms with Gasteiger partial charge in [-0.3, -0.25) is 4.90 Å². The summed E-state index contributed by atoms with van der Waals surface area (Å²) in [7, 11) is 0. The maximum absolute atomic E-state index is 14.7. The molecule has 3 rings (SSSR count). The number of piperidine rings is 1. The molecule has 0 radical (unpaired) electrons. The molecule has 2 bridgehead atoms. The van der Waals surface area contributed by atoms with E-state index in [0.717, 1.165) is 4.90 Å². The van der Waals surface area contributed by atoms with Gasteiger partial charge in [0, 0.05) is 12.5 Å². The molecule has 6 nitrogen and oxygen atoms in total. The number of hydrogen-bond acceptors (Lipinski definition) is 4. The largest absolute Gasteiger partial charge is 0.465 e. The third-order valence-electron chi connectivity index (χ3n) is 5.47. The van der Waals surface area contributed by atoms with Crippen molar-refractivity contribution in [2.75, 3.05) is 5.32 Å². The monoisotopic (exact) mass is 374 g/mol. The quantitative estimate of drug-likeness (QED) is 0.821. The van der Waals surface area contributed by atoms with Gasteiger partial charge in [0.1, 0.15) is 11.9 Å². The predicted octanol–water partition coefficient (Wildman–Crippen LogP) is 3.88. The maximum atomic E-state index is 14.7. The second-order valence-corrected chi connectivity index (χ2v) is 8.30. The maximum Gasteiger partial charge on any atom is 0.408 e. The van der Waals surface area contributed by atoms with Crippen molar-refractivity contribution in [3.05, 3.63) is 17.3 Å². The van der Waals surface area contributed by atoms with E-state index in [0.29, 0.717) is 5.82 Å². The van der Waals surface area contributed by atoms with Crippen LogP contribution in [0.5, 0.6) is 0 Å². The summed E-state index contributed by atoms with van der Waals surface area (Å²) in [4.78, 5) is 12.8. The normalized spacial score (nSPS) is 31.0. The Bertz CT molecular complexity index is 676. The molecule has 0 unspecified atom stereocenters. The molecule has 0 saturated carbocycles. The predicted molar refractivity (Wildman–Crippen MR) is 89.1 cm³/mol. The molecule has 3 heterocycles. The standard InChI is InChI=1S/C16H21ClF2N4O2/c1-14(2,3)15-7-9(20-12-5-4-11(17)21-22-12)6-10(16(18,19)8-15)23(15)13(24)25/h4-5,9-10H,6-8H2,1-3H3,(H,20,22)(H,24,25)/t9-,10-,15+/m1/s1. The summed E-state index contributed by atoms with van der Waals surface area (Å²) >= 11 is 5.71. The highest BCUT2D eigenvalue weighted by Gasteiger charge is 2.69. The summed E-state index contributed by atoms with van der Waals surface area (Å²) in [5.74, 6) is -2.63. The van der Waals surface area contributed by atoms with Gasteiger partial charge < -0.3 is 10.4 Å². The van der Waals surface area contributed by atoms with Crippen molar-refractivity contribution in [1.82, 2.24) is 15.1 Å². The Labute approximate surface area is 149 Å². The van der Waals surface area contributed by atoms with Crippen LogP contribution < -0.4 is 5.32 Å². The highest BCUT2D eigenvalue weighted by atomic mass is 35.5. The summed E-state index contributed by atoms with van der Waals surface area (Å²) in [6.07, 6.45) is -1.46. The highest BCUT2D eigenvalue weighted by Crippen LogP contribution is 2.58. The summed E-state index contributed by atoms with van der Waals surface area (Å²) < 4.78 is 29.3. The number of halogens is 3. The Morgan fingerprint density at radius 3 is 2.60 bits per heavy atom. The minimum atomic E-state index is -3.06. The number of rotatable bonds is 2. The van der Waals surface area contributed by atoms with Crippen LogP contribution in [0.25, 0.3) is 0 Å². The minimum Gasteiger partial charge on any atom is -0.465 e. The van der Waals surface area contributed by atoms with Crippen molar-refractivity contribution in [2.24, 2.45) is 5.41 Å². The zero-order valence-corrected chi connectivity index (χ0v) is 15.0. The zero-order valence-electron chi connectivity index (χ0n) is 14.3. The minimum absolute atomic E-state index is 0.0153. The molecule has 2 fully saturated rings. The molecule has 25 heavy (non-hydrogen) atoms. The van der Waals surface area contributed by atoms with Crippen molar-refractivity contribution in [2.45, 2.75) is 63.6 Å². The molecule has 1 aromatic heterocycles. The van der Waals surface area contributed by atoms with E-state index in [1.165, 1.54) is 0 Å². The molecular formula is C16H21ClF2N4O2. The Morgan fingerprint density at radius 2 is 2.08 bits per heavy atom. The van der Waals surface area contributed by atoms with Gasteiger partial charge in [0.2, 0.25) is 0 Å². The van der Waals surface area contributed by atoms with E-state index >= 15 is 0 Å². The first kappa shape index (κ1) is 18.1. The molecule has 138 valence electrons. The fourth-order valence-corrected chi connectivity index (χ4v) is 4.35. The molecule has 0 aromatic carbocycles. The number of aromatic nitrogens is 2. The number of fused-ring (bicyclic) bond motifs is 2. The van der Waals surface area contributed by atoms with Crippen molar-refractivity contribution >= 4 is 23.5 Å². The first-order valence-corrected chi connectivity index (χ1v) is 8.50. The van der Waals surface area contributed by atoms with Gasteiger partial charge in [-0.05, 0) is 30.4 Å². The second kappa shape index (κ2) is 5.65. The van der Waals surface area contributed by atoms with Crippen LogP contribution >= 0.6 is 11.6 Å². The number of carboxylic acid groups (broad SMARTS) is 1.